The lowest BCUT2D eigenvalue weighted by atomic mass is 9.83. The van der Waals surface area contributed by atoms with Gasteiger partial charge in [0.2, 0.25) is 0 Å². The molecule has 0 radical (unpaired) electrons. The fraction of sp³-hybridized carbons (Fsp3) is 0.786. The van der Waals surface area contributed by atoms with E-state index in [9.17, 15) is 14.4 Å². The number of alkyl carbamates (subject to hydrolysis) is 1. The van der Waals surface area contributed by atoms with Gasteiger partial charge in [-0.1, -0.05) is 19.3 Å². The van der Waals surface area contributed by atoms with Crippen molar-refractivity contribution in [2.45, 2.75) is 51.0 Å². The number of carbonyl (C=O) groups excluding carboxylic acids is 3. The molecule has 2 saturated carbocycles. The summed E-state index contributed by atoms with van der Waals surface area (Å²) in [6.07, 6.45) is 6.45. The number of carbonyl (C=O) groups is 3. The lowest BCUT2D eigenvalue weighted by molar-refractivity contribution is -0.132. The highest BCUT2D eigenvalue weighted by molar-refractivity contribution is 5.89. The van der Waals surface area contributed by atoms with Crippen molar-refractivity contribution in [1.82, 2.24) is 5.32 Å². The number of hydrogen-bond acceptors (Lipinski definition) is 4. The summed E-state index contributed by atoms with van der Waals surface area (Å²) in [6.45, 7) is -0.0756. The molecule has 2 fully saturated rings. The van der Waals surface area contributed by atoms with E-state index in [1.54, 1.807) is 0 Å². The van der Waals surface area contributed by atoms with Gasteiger partial charge < -0.3 is 14.8 Å². The molecule has 0 heterocycles. The first-order valence-electron chi connectivity index (χ1n) is 7.14. The molecule has 1 unspecified atom stereocenters. The number of ether oxygens (including phenoxy) is 1. The summed E-state index contributed by atoms with van der Waals surface area (Å²) in [5.74, 6) is 0.322. The lowest BCUT2D eigenvalue weighted by Gasteiger charge is -2.29. The predicted octanol–water partition coefficient (Wildman–Crippen LogP) is 1.84. The van der Waals surface area contributed by atoms with Crippen LogP contribution in [-0.2, 0) is 14.3 Å². The number of aldehydes is 1. The molecule has 19 heavy (non-hydrogen) atoms. The average Bonchev–Trinajstić information content (AvgIpc) is 3.27. The fourth-order valence-electron chi connectivity index (χ4n) is 2.71. The van der Waals surface area contributed by atoms with E-state index in [1.807, 2.05) is 0 Å². The lowest BCUT2D eigenvalue weighted by Crippen LogP contribution is -2.40. The van der Waals surface area contributed by atoms with Crippen molar-refractivity contribution in [2.24, 2.45) is 11.8 Å². The van der Waals surface area contributed by atoms with Gasteiger partial charge in [0.15, 0.2) is 11.9 Å². The first kappa shape index (κ1) is 14.0. The highest BCUT2D eigenvalue weighted by Crippen LogP contribution is 2.36. The van der Waals surface area contributed by atoms with E-state index in [2.05, 4.69) is 5.32 Å². The number of amides is 1. The van der Waals surface area contributed by atoms with Crippen LogP contribution in [0, 0.1) is 11.8 Å². The van der Waals surface area contributed by atoms with Gasteiger partial charge in [-0.05, 0) is 25.7 Å². The third-order valence-corrected chi connectivity index (χ3v) is 3.90. The second kappa shape index (κ2) is 6.68. The standard InChI is InChI=1S/C14H21NO4/c16-9-8-15-14(18)19-13(12(17)10-6-7-10)11-4-2-1-3-5-11/h9-11,13H,1-8H2,(H,15,18). The van der Waals surface area contributed by atoms with Crippen molar-refractivity contribution in [3.8, 4) is 0 Å². The van der Waals surface area contributed by atoms with Crippen LogP contribution in [0.25, 0.3) is 0 Å². The maximum atomic E-state index is 12.2. The Morgan fingerprint density at radius 3 is 2.42 bits per heavy atom. The first-order chi connectivity index (χ1) is 9.22. The van der Waals surface area contributed by atoms with Gasteiger partial charge >= 0.3 is 6.09 Å². The molecule has 0 bridgehead atoms. The molecule has 0 spiro atoms. The van der Waals surface area contributed by atoms with E-state index < -0.39 is 12.2 Å². The average molecular weight is 267 g/mol. The second-order valence-electron chi connectivity index (χ2n) is 5.45. The van der Waals surface area contributed by atoms with E-state index in [0.29, 0.717) is 6.29 Å². The van der Waals surface area contributed by atoms with Gasteiger partial charge in [0.05, 0.1) is 6.54 Å². The topological polar surface area (TPSA) is 72.5 Å². The molecule has 106 valence electrons. The minimum Gasteiger partial charge on any atom is -0.438 e. The molecule has 1 N–H and O–H groups in total. The summed E-state index contributed by atoms with van der Waals surface area (Å²) in [4.78, 5) is 34.0. The van der Waals surface area contributed by atoms with Gasteiger partial charge in [-0.3, -0.25) is 4.79 Å². The van der Waals surface area contributed by atoms with E-state index in [-0.39, 0.29) is 24.2 Å². The fourth-order valence-corrected chi connectivity index (χ4v) is 2.71. The zero-order chi connectivity index (χ0) is 13.7. The summed E-state index contributed by atoms with van der Waals surface area (Å²) < 4.78 is 5.30. The van der Waals surface area contributed by atoms with Crippen LogP contribution in [0.15, 0.2) is 0 Å². The largest absolute Gasteiger partial charge is 0.438 e. The Morgan fingerprint density at radius 1 is 1.16 bits per heavy atom. The number of nitrogens with one attached hydrogen (secondary N) is 1. The highest BCUT2D eigenvalue weighted by Gasteiger charge is 2.40. The summed E-state index contributed by atoms with van der Waals surface area (Å²) in [5, 5.41) is 2.33. The molecule has 1 atom stereocenters. The minimum atomic E-state index is -0.656. The number of hydrogen-bond donors (Lipinski definition) is 1. The van der Waals surface area contributed by atoms with Crippen molar-refractivity contribution in [1.29, 1.82) is 0 Å². The van der Waals surface area contributed by atoms with Gasteiger partial charge in [-0.25, -0.2) is 4.79 Å². The normalized spacial score (nSPS) is 21.5. The third-order valence-electron chi connectivity index (χ3n) is 3.90. The van der Waals surface area contributed by atoms with Crippen molar-refractivity contribution in [3.05, 3.63) is 0 Å². The Labute approximate surface area is 113 Å². The Bertz CT molecular complexity index is 345. The summed E-state index contributed by atoms with van der Waals surface area (Å²) in [6, 6.07) is 0. The Kier molecular flexibility index (Phi) is 4.93. The smallest absolute Gasteiger partial charge is 0.408 e. The Balaban J connectivity index is 1.94. The van der Waals surface area contributed by atoms with E-state index in [4.69, 9.17) is 4.74 Å². The van der Waals surface area contributed by atoms with Crippen LogP contribution in [0.1, 0.15) is 44.9 Å². The maximum absolute atomic E-state index is 12.2. The van der Waals surface area contributed by atoms with Crippen molar-refractivity contribution in [2.75, 3.05) is 6.54 Å². The van der Waals surface area contributed by atoms with Crippen LogP contribution < -0.4 is 5.32 Å². The zero-order valence-electron chi connectivity index (χ0n) is 11.1. The second-order valence-corrected chi connectivity index (χ2v) is 5.45. The van der Waals surface area contributed by atoms with E-state index in [0.717, 1.165) is 38.5 Å². The molecule has 2 rings (SSSR count). The van der Waals surface area contributed by atoms with Crippen molar-refractivity contribution >= 4 is 18.2 Å². The number of Topliss-reactive ketones (excluding diaryl/α,β-unsaturated/α-hetero) is 1. The molecular weight excluding hydrogens is 246 g/mol. The molecule has 5 nitrogen and oxygen atoms in total. The van der Waals surface area contributed by atoms with E-state index in [1.165, 1.54) is 6.42 Å². The molecule has 0 aromatic rings. The highest BCUT2D eigenvalue weighted by atomic mass is 16.6. The SMILES string of the molecule is O=CCNC(=O)OC(C(=O)C1CC1)C1CCCCC1. The Hall–Kier alpha value is -1.39. The molecule has 5 heteroatoms. The Morgan fingerprint density at radius 2 is 1.84 bits per heavy atom. The van der Waals surface area contributed by atoms with Gasteiger partial charge in [0.1, 0.15) is 6.29 Å². The zero-order valence-corrected chi connectivity index (χ0v) is 11.1. The van der Waals surface area contributed by atoms with Crippen molar-refractivity contribution < 1.29 is 19.1 Å². The minimum absolute atomic E-state index is 0.0756. The quantitative estimate of drug-likeness (QED) is 0.745. The van der Waals surface area contributed by atoms with Crippen molar-refractivity contribution in [3.63, 3.8) is 0 Å². The van der Waals surface area contributed by atoms with Crippen LogP contribution in [0.5, 0.6) is 0 Å². The number of rotatable bonds is 6. The first-order valence-corrected chi connectivity index (χ1v) is 7.14. The van der Waals surface area contributed by atoms with Crippen LogP contribution in [0.3, 0.4) is 0 Å². The molecule has 2 aliphatic rings. The van der Waals surface area contributed by atoms with E-state index >= 15 is 0 Å². The molecule has 0 saturated heterocycles. The predicted molar refractivity (Wildman–Crippen MR) is 68.6 cm³/mol. The monoisotopic (exact) mass is 267 g/mol. The van der Waals surface area contributed by atoms with Gasteiger partial charge in [-0.15, -0.1) is 0 Å². The maximum Gasteiger partial charge on any atom is 0.408 e. The number of ketones is 1. The van der Waals surface area contributed by atoms with Gasteiger partial charge in [0.25, 0.3) is 0 Å². The molecule has 1 amide bonds. The third kappa shape index (κ3) is 4.04. The summed E-state index contributed by atoms with van der Waals surface area (Å²) >= 11 is 0. The molecule has 0 aliphatic heterocycles. The summed E-state index contributed by atoms with van der Waals surface area (Å²) in [7, 11) is 0. The molecular formula is C14H21NO4. The molecule has 2 aliphatic carbocycles. The van der Waals surface area contributed by atoms with Gasteiger partial charge in [0, 0.05) is 11.8 Å². The van der Waals surface area contributed by atoms with Crippen LogP contribution in [-0.4, -0.2) is 30.8 Å². The molecule has 0 aromatic carbocycles. The van der Waals surface area contributed by atoms with Crippen LogP contribution in [0.2, 0.25) is 0 Å². The molecule has 0 aromatic heterocycles. The van der Waals surface area contributed by atoms with Gasteiger partial charge in [-0.2, -0.15) is 0 Å². The summed E-state index contributed by atoms with van der Waals surface area (Å²) in [5.41, 5.74) is 0. The van der Waals surface area contributed by atoms with Crippen LogP contribution >= 0.6 is 0 Å². The van der Waals surface area contributed by atoms with Crippen LogP contribution in [0.4, 0.5) is 4.79 Å².